The summed E-state index contributed by atoms with van der Waals surface area (Å²) in [6.07, 6.45) is 2.57. The topological polar surface area (TPSA) is 98.7 Å². The fourth-order valence-corrected chi connectivity index (χ4v) is 5.51. The second-order valence-electron chi connectivity index (χ2n) is 7.81. The van der Waals surface area contributed by atoms with Gasteiger partial charge in [0.1, 0.15) is 23.4 Å². The van der Waals surface area contributed by atoms with Gasteiger partial charge in [-0.3, -0.25) is 8.61 Å². The lowest BCUT2D eigenvalue weighted by Gasteiger charge is -2.12. The van der Waals surface area contributed by atoms with Gasteiger partial charge in [0.05, 0.1) is 26.9 Å². The van der Waals surface area contributed by atoms with E-state index in [0.717, 1.165) is 39.9 Å². The maximum Gasteiger partial charge on any atom is 0.192 e. The highest BCUT2D eigenvalue weighted by Crippen LogP contribution is 2.35. The van der Waals surface area contributed by atoms with Gasteiger partial charge in [-0.05, 0) is 51.3 Å². The number of imidazole rings is 1. The van der Waals surface area contributed by atoms with Crippen molar-refractivity contribution in [2.24, 2.45) is 0 Å². The Morgan fingerprint density at radius 3 is 2.29 bits per heavy atom. The second kappa shape index (κ2) is 7.23. The molecule has 1 unspecified atom stereocenters. The first-order valence-corrected chi connectivity index (χ1v) is 13.1. The molecule has 4 heterocycles. The normalized spacial score (nSPS) is 13.4. The Bertz CT molecular complexity index is 1510. The monoisotopic (exact) mass is 459 g/mol. The molecule has 0 N–H and O–H groups in total. The summed E-state index contributed by atoms with van der Waals surface area (Å²) >= 11 is 0. The van der Waals surface area contributed by atoms with Crippen molar-refractivity contribution in [1.29, 1.82) is 0 Å². The Balaban J connectivity index is 2.12. The van der Waals surface area contributed by atoms with Crippen LogP contribution in [0.2, 0.25) is 0 Å². The van der Waals surface area contributed by atoms with Gasteiger partial charge < -0.3 is 0 Å². The van der Waals surface area contributed by atoms with Crippen LogP contribution in [0.5, 0.6) is 0 Å². The van der Waals surface area contributed by atoms with Crippen LogP contribution in [-0.4, -0.2) is 48.6 Å². The lowest BCUT2D eigenvalue weighted by molar-refractivity contribution is 0.597. The van der Waals surface area contributed by atoms with Crippen LogP contribution in [0, 0.1) is 34.6 Å². The molecule has 1 atom stereocenters. The highest BCUT2D eigenvalue weighted by atomic mass is 32.2. The highest BCUT2D eigenvalue weighted by Gasteiger charge is 2.27. The SMILES string of the molecule is CCS(=O)c1c(-c2nc3cc(S(C)(=O)=O)ncn3c2C)nn2c(C)c(C)c(C)c(C)c12. The first-order valence-electron chi connectivity index (χ1n) is 9.89. The zero-order valence-corrected chi connectivity index (χ0v) is 20.3. The van der Waals surface area contributed by atoms with E-state index in [1.807, 2.05) is 32.2 Å². The summed E-state index contributed by atoms with van der Waals surface area (Å²) in [5, 5.41) is 4.81. The molecule has 0 fully saturated rings. The molecule has 10 heteroatoms. The summed E-state index contributed by atoms with van der Waals surface area (Å²) in [6, 6.07) is 1.45. The minimum atomic E-state index is -3.46. The van der Waals surface area contributed by atoms with Crippen molar-refractivity contribution in [3.05, 3.63) is 40.5 Å². The van der Waals surface area contributed by atoms with E-state index in [9.17, 15) is 12.6 Å². The lowest BCUT2D eigenvalue weighted by atomic mass is 10.0. The average Bonchev–Trinajstić information content (AvgIpc) is 3.27. The van der Waals surface area contributed by atoms with E-state index >= 15 is 0 Å². The Kier molecular flexibility index (Phi) is 5.05. The van der Waals surface area contributed by atoms with Crippen LogP contribution >= 0.6 is 0 Å². The molecule has 0 saturated heterocycles. The number of hydrogen-bond acceptors (Lipinski definition) is 6. The van der Waals surface area contributed by atoms with Gasteiger partial charge in [-0.15, -0.1) is 0 Å². The van der Waals surface area contributed by atoms with Crippen LogP contribution in [0.25, 0.3) is 22.6 Å². The molecule has 0 saturated carbocycles. The van der Waals surface area contributed by atoms with Crippen molar-refractivity contribution in [2.45, 2.75) is 51.5 Å². The number of aromatic nitrogens is 5. The minimum absolute atomic E-state index is 0.0400. The van der Waals surface area contributed by atoms with Gasteiger partial charge in [-0.2, -0.15) is 5.10 Å². The molecule has 4 aromatic heterocycles. The fraction of sp³-hybridized carbons (Fsp3) is 0.381. The molecule has 0 radical (unpaired) electrons. The summed E-state index contributed by atoms with van der Waals surface area (Å²) in [6.45, 7) is 11.9. The average molecular weight is 460 g/mol. The van der Waals surface area contributed by atoms with Crippen molar-refractivity contribution in [3.8, 4) is 11.4 Å². The molecule has 0 amide bonds. The molecular weight excluding hydrogens is 434 g/mol. The number of pyridine rings is 1. The van der Waals surface area contributed by atoms with Gasteiger partial charge in [-0.1, -0.05) is 6.92 Å². The molecule has 0 aliphatic heterocycles. The second-order valence-corrected chi connectivity index (χ2v) is 11.4. The summed E-state index contributed by atoms with van der Waals surface area (Å²) < 4.78 is 40.6. The summed E-state index contributed by atoms with van der Waals surface area (Å²) in [4.78, 5) is 9.41. The van der Waals surface area contributed by atoms with Gasteiger partial charge in [0.25, 0.3) is 0 Å². The quantitative estimate of drug-likeness (QED) is 0.435. The standard InChI is InChI=1S/C21H25N5O3S2/c1-8-30(27)21-19(24-26-14(5)12(3)11(2)13(4)20(21)26)18-15(6)25-10-22-17(31(7,28)29)9-16(25)23-18/h9-10H,8H2,1-7H3. The zero-order chi connectivity index (χ0) is 22.8. The van der Waals surface area contributed by atoms with E-state index in [2.05, 4.69) is 23.8 Å². The predicted molar refractivity (Wildman–Crippen MR) is 121 cm³/mol. The molecule has 0 spiro atoms. The van der Waals surface area contributed by atoms with Crippen LogP contribution in [0.4, 0.5) is 0 Å². The third kappa shape index (κ3) is 3.20. The van der Waals surface area contributed by atoms with Gasteiger partial charge in [-0.25, -0.2) is 22.9 Å². The number of rotatable bonds is 4. The highest BCUT2D eigenvalue weighted by molar-refractivity contribution is 7.90. The Hall–Kier alpha value is -2.59. The van der Waals surface area contributed by atoms with E-state index < -0.39 is 20.6 Å². The van der Waals surface area contributed by atoms with Crippen molar-refractivity contribution in [2.75, 3.05) is 12.0 Å². The molecule has 4 rings (SSSR count). The third-order valence-corrected chi connectivity index (χ3v) is 8.36. The van der Waals surface area contributed by atoms with Crippen molar-refractivity contribution < 1.29 is 12.6 Å². The Labute approximate surface area is 183 Å². The summed E-state index contributed by atoms with van der Waals surface area (Å²) in [7, 11) is -4.73. The number of sulfone groups is 1. The molecule has 164 valence electrons. The molecule has 0 aliphatic carbocycles. The molecule has 0 aliphatic rings. The Morgan fingerprint density at radius 2 is 1.68 bits per heavy atom. The van der Waals surface area contributed by atoms with E-state index in [4.69, 9.17) is 5.10 Å². The zero-order valence-electron chi connectivity index (χ0n) is 18.6. The van der Waals surface area contributed by atoms with E-state index in [-0.39, 0.29) is 5.03 Å². The fourth-order valence-electron chi connectivity index (χ4n) is 3.85. The van der Waals surface area contributed by atoms with Gasteiger partial charge >= 0.3 is 0 Å². The van der Waals surface area contributed by atoms with Crippen LogP contribution < -0.4 is 0 Å². The molecule has 8 nitrogen and oxygen atoms in total. The van der Waals surface area contributed by atoms with Crippen LogP contribution in [-0.2, 0) is 20.6 Å². The predicted octanol–water partition coefficient (Wildman–Crippen LogP) is 3.12. The number of hydrogen-bond donors (Lipinski definition) is 0. The largest absolute Gasteiger partial charge is 0.287 e. The first kappa shape index (κ1) is 21.6. The van der Waals surface area contributed by atoms with Crippen LogP contribution in [0.3, 0.4) is 0 Å². The maximum atomic E-state index is 13.2. The van der Waals surface area contributed by atoms with E-state index in [1.165, 1.54) is 12.4 Å². The van der Waals surface area contributed by atoms with Crippen molar-refractivity contribution >= 4 is 31.8 Å². The van der Waals surface area contributed by atoms with Gasteiger partial charge in [0, 0.05) is 23.8 Å². The van der Waals surface area contributed by atoms with Crippen molar-refractivity contribution in [3.63, 3.8) is 0 Å². The Morgan fingerprint density at radius 1 is 1.00 bits per heavy atom. The summed E-state index contributed by atoms with van der Waals surface area (Å²) in [5.41, 5.74) is 7.50. The third-order valence-electron chi connectivity index (χ3n) is 6.01. The van der Waals surface area contributed by atoms with E-state index in [0.29, 0.717) is 27.7 Å². The molecule has 0 aromatic carbocycles. The molecule has 31 heavy (non-hydrogen) atoms. The number of aryl methyl sites for hydroxylation is 3. The van der Waals surface area contributed by atoms with Gasteiger partial charge in [0.2, 0.25) is 0 Å². The van der Waals surface area contributed by atoms with Crippen LogP contribution in [0.15, 0.2) is 22.3 Å². The summed E-state index contributed by atoms with van der Waals surface area (Å²) in [5.74, 6) is 0.450. The minimum Gasteiger partial charge on any atom is -0.287 e. The maximum absolute atomic E-state index is 13.2. The first-order chi connectivity index (χ1) is 14.5. The van der Waals surface area contributed by atoms with Crippen molar-refractivity contribution in [1.82, 2.24) is 24.0 Å². The molecule has 4 aromatic rings. The smallest absolute Gasteiger partial charge is 0.192 e. The number of fused-ring (bicyclic) bond motifs is 2. The van der Waals surface area contributed by atoms with Crippen LogP contribution in [0.1, 0.15) is 35.0 Å². The molecular formula is C21H25N5O3S2. The number of nitrogens with zero attached hydrogens (tertiary/aromatic N) is 5. The molecule has 0 bridgehead atoms. The lowest BCUT2D eigenvalue weighted by Crippen LogP contribution is -2.03. The van der Waals surface area contributed by atoms with Gasteiger partial charge in [0.15, 0.2) is 14.9 Å². The van der Waals surface area contributed by atoms with E-state index in [1.54, 1.807) is 4.40 Å².